The summed E-state index contributed by atoms with van der Waals surface area (Å²) in [5, 5.41) is 3.22. The highest BCUT2D eigenvalue weighted by atomic mass is 35.5. The number of sulfonamides is 1. The fraction of sp³-hybridized carbons (Fsp3) is 0.391. The summed E-state index contributed by atoms with van der Waals surface area (Å²) < 4.78 is 26.0. The molecule has 2 aromatic rings. The lowest BCUT2D eigenvalue weighted by Gasteiger charge is -2.32. The number of nitrogens with one attached hydrogen (secondary N) is 1. The van der Waals surface area contributed by atoms with Gasteiger partial charge in [0.1, 0.15) is 12.6 Å². The summed E-state index contributed by atoms with van der Waals surface area (Å²) in [5.41, 5.74) is 1.09. The summed E-state index contributed by atoms with van der Waals surface area (Å²) in [6, 6.07) is 13.0. The summed E-state index contributed by atoms with van der Waals surface area (Å²) in [5.74, 6) is -0.850. The Morgan fingerprint density at radius 2 is 1.67 bits per heavy atom. The highest BCUT2D eigenvalue weighted by Gasteiger charge is 2.30. The maximum atomic E-state index is 13.4. The fourth-order valence-corrected chi connectivity index (χ4v) is 4.54. The van der Waals surface area contributed by atoms with Crippen LogP contribution in [-0.4, -0.2) is 56.6 Å². The molecule has 0 aliphatic rings. The minimum Gasteiger partial charge on any atom is -0.352 e. The second-order valence-corrected chi connectivity index (χ2v) is 10.8. The maximum absolute atomic E-state index is 13.4. The highest BCUT2D eigenvalue weighted by Crippen LogP contribution is 2.30. The lowest BCUT2D eigenvalue weighted by atomic mass is 10.1. The Balaban J connectivity index is 2.35. The third-order valence-electron chi connectivity index (χ3n) is 4.94. The third-order valence-corrected chi connectivity index (χ3v) is 6.62. The summed E-state index contributed by atoms with van der Waals surface area (Å²) >= 11 is 12.3. The molecule has 33 heavy (non-hydrogen) atoms. The Bertz CT molecular complexity index is 1080. The van der Waals surface area contributed by atoms with Crippen molar-refractivity contribution in [1.29, 1.82) is 0 Å². The standard InChI is InChI=1S/C23H29Cl2N3O4S/c1-16(2)26-23(30)17(3)27(13-12-18-8-6-5-7-9-18)22(29)15-28(33(4,31)32)21-14-19(24)10-11-20(21)25/h5-11,14,16-17H,12-13,15H2,1-4H3,(H,26,30)/t17-/m1/s1. The van der Waals surface area contributed by atoms with E-state index < -0.39 is 28.5 Å². The first-order valence-electron chi connectivity index (χ1n) is 10.5. The van der Waals surface area contributed by atoms with Gasteiger partial charge in [0.25, 0.3) is 0 Å². The number of carbonyl (C=O) groups is 2. The SMILES string of the molecule is CC(C)NC(=O)[C@@H](C)N(CCc1ccccc1)C(=O)CN(c1cc(Cl)ccc1Cl)S(C)(=O)=O. The zero-order chi connectivity index (χ0) is 24.8. The van der Waals surface area contributed by atoms with Crippen LogP contribution in [0.15, 0.2) is 48.5 Å². The molecule has 0 aromatic heterocycles. The van der Waals surface area contributed by atoms with Crippen LogP contribution in [0.4, 0.5) is 5.69 Å². The summed E-state index contributed by atoms with van der Waals surface area (Å²) in [4.78, 5) is 27.5. The van der Waals surface area contributed by atoms with Gasteiger partial charge in [-0.1, -0.05) is 53.5 Å². The third kappa shape index (κ3) is 7.91. The summed E-state index contributed by atoms with van der Waals surface area (Å²) in [7, 11) is -3.88. The highest BCUT2D eigenvalue weighted by molar-refractivity contribution is 7.92. The van der Waals surface area contributed by atoms with E-state index in [-0.39, 0.29) is 34.2 Å². The molecule has 1 atom stereocenters. The fourth-order valence-electron chi connectivity index (χ4n) is 3.25. The number of hydrogen-bond donors (Lipinski definition) is 1. The van der Waals surface area contributed by atoms with Crippen molar-refractivity contribution in [3.8, 4) is 0 Å². The molecule has 0 saturated heterocycles. The van der Waals surface area contributed by atoms with Gasteiger partial charge in [-0.15, -0.1) is 0 Å². The first-order chi connectivity index (χ1) is 15.4. The monoisotopic (exact) mass is 513 g/mol. The van der Waals surface area contributed by atoms with Crippen LogP contribution >= 0.6 is 23.2 Å². The quantitative estimate of drug-likeness (QED) is 0.524. The van der Waals surface area contributed by atoms with Crippen molar-refractivity contribution >= 4 is 50.7 Å². The lowest BCUT2D eigenvalue weighted by Crippen LogP contribution is -2.53. The molecule has 0 bridgehead atoms. The molecule has 2 aromatic carbocycles. The summed E-state index contributed by atoms with van der Waals surface area (Å²) in [6.45, 7) is 4.99. The Kier molecular flexibility index (Phi) is 9.57. The summed E-state index contributed by atoms with van der Waals surface area (Å²) in [6.07, 6.45) is 1.49. The number of halogens is 2. The van der Waals surface area contributed by atoms with Crippen molar-refractivity contribution in [1.82, 2.24) is 10.2 Å². The zero-order valence-corrected chi connectivity index (χ0v) is 21.4. The first-order valence-corrected chi connectivity index (χ1v) is 13.1. The topological polar surface area (TPSA) is 86.8 Å². The van der Waals surface area contributed by atoms with E-state index in [2.05, 4.69) is 5.32 Å². The van der Waals surface area contributed by atoms with Crippen molar-refractivity contribution in [3.05, 3.63) is 64.1 Å². The number of amides is 2. The predicted octanol–water partition coefficient (Wildman–Crippen LogP) is 3.74. The number of rotatable bonds is 10. The maximum Gasteiger partial charge on any atom is 0.244 e. The van der Waals surface area contributed by atoms with E-state index in [0.717, 1.165) is 16.1 Å². The lowest BCUT2D eigenvalue weighted by molar-refractivity contribution is -0.139. The van der Waals surface area contributed by atoms with E-state index in [1.54, 1.807) is 6.92 Å². The van der Waals surface area contributed by atoms with Crippen LogP contribution in [-0.2, 0) is 26.0 Å². The minimum absolute atomic E-state index is 0.0994. The molecule has 0 unspecified atom stereocenters. The van der Waals surface area contributed by atoms with Gasteiger partial charge in [-0.25, -0.2) is 8.42 Å². The van der Waals surface area contributed by atoms with Crippen molar-refractivity contribution in [2.24, 2.45) is 0 Å². The average molecular weight is 514 g/mol. The number of benzene rings is 2. The van der Waals surface area contributed by atoms with E-state index in [9.17, 15) is 18.0 Å². The van der Waals surface area contributed by atoms with Crippen LogP contribution in [0.1, 0.15) is 26.3 Å². The number of carbonyl (C=O) groups excluding carboxylic acids is 2. The average Bonchev–Trinajstić information content (AvgIpc) is 2.73. The Hall–Kier alpha value is -2.29. The van der Waals surface area contributed by atoms with Gasteiger partial charge in [-0.2, -0.15) is 0 Å². The Labute approximate surface area is 205 Å². The molecule has 0 aliphatic carbocycles. The van der Waals surface area contributed by atoms with Gasteiger partial charge in [-0.3, -0.25) is 13.9 Å². The van der Waals surface area contributed by atoms with E-state index in [1.807, 2.05) is 44.2 Å². The van der Waals surface area contributed by atoms with E-state index in [1.165, 1.54) is 23.1 Å². The zero-order valence-electron chi connectivity index (χ0n) is 19.1. The molecular formula is C23H29Cl2N3O4S. The van der Waals surface area contributed by atoms with Gasteiger partial charge in [0, 0.05) is 17.6 Å². The van der Waals surface area contributed by atoms with Crippen LogP contribution < -0.4 is 9.62 Å². The molecule has 2 amide bonds. The van der Waals surface area contributed by atoms with Crippen molar-refractivity contribution in [2.75, 3.05) is 23.7 Å². The van der Waals surface area contributed by atoms with E-state index in [4.69, 9.17) is 23.2 Å². The Morgan fingerprint density at radius 3 is 2.24 bits per heavy atom. The van der Waals surface area contributed by atoms with Crippen molar-refractivity contribution in [2.45, 2.75) is 39.3 Å². The van der Waals surface area contributed by atoms with Crippen molar-refractivity contribution in [3.63, 3.8) is 0 Å². The first kappa shape index (κ1) is 27.0. The van der Waals surface area contributed by atoms with Gasteiger partial charge in [0.2, 0.25) is 21.8 Å². The molecule has 180 valence electrons. The minimum atomic E-state index is -3.88. The van der Waals surface area contributed by atoms with Crippen LogP contribution in [0.3, 0.4) is 0 Å². The molecule has 0 heterocycles. The van der Waals surface area contributed by atoms with Crippen LogP contribution in [0, 0.1) is 0 Å². The normalized spacial score (nSPS) is 12.3. The van der Waals surface area contributed by atoms with Gasteiger partial charge >= 0.3 is 0 Å². The van der Waals surface area contributed by atoms with Gasteiger partial charge in [0.05, 0.1) is 17.0 Å². The van der Waals surface area contributed by atoms with Gasteiger partial charge in [0.15, 0.2) is 0 Å². The van der Waals surface area contributed by atoms with E-state index >= 15 is 0 Å². The molecule has 0 aliphatic heterocycles. The molecule has 10 heteroatoms. The van der Waals surface area contributed by atoms with Crippen LogP contribution in [0.2, 0.25) is 10.0 Å². The second kappa shape index (κ2) is 11.7. The molecule has 0 fully saturated rings. The number of anilines is 1. The molecule has 0 spiro atoms. The molecule has 0 saturated carbocycles. The number of nitrogens with zero attached hydrogens (tertiary/aromatic N) is 2. The van der Waals surface area contributed by atoms with Crippen LogP contribution in [0.5, 0.6) is 0 Å². The number of hydrogen-bond acceptors (Lipinski definition) is 4. The largest absolute Gasteiger partial charge is 0.352 e. The van der Waals surface area contributed by atoms with Gasteiger partial charge in [-0.05, 0) is 51.0 Å². The van der Waals surface area contributed by atoms with E-state index in [0.29, 0.717) is 6.42 Å². The molecule has 7 nitrogen and oxygen atoms in total. The molecule has 0 radical (unpaired) electrons. The predicted molar refractivity (Wildman–Crippen MR) is 133 cm³/mol. The Morgan fingerprint density at radius 1 is 1.03 bits per heavy atom. The second-order valence-electron chi connectivity index (χ2n) is 8.03. The van der Waals surface area contributed by atoms with Crippen LogP contribution in [0.25, 0.3) is 0 Å². The molecular weight excluding hydrogens is 485 g/mol. The van der Waals surface area contributed by atoms with Crippen molar-refractivity contribution < 1.29 is 18.0 Å². The smallest absolute Gasteiger partial charge is 0.244 e. The molecule has 1 N–H and O–H groups in total. The molecule has 2 rings (SSSR count). The van der Waals surface area contributed by atoms with Gasteiger partial charge < -0.3 is 10.2 Å².